The summed E-state index contributed by atoms with van der Waals surface area (Å²) in [7, 11) is 0. The smallest absolute Gasteiger partial charge is 0.306 e. The van der Waals surface area contributed by atoms with Crippen LogP contribution in [0.2, 0.25) is 0 Å². The molecule has 3 heteroatoms. The van der Waals surface area contributed by atoms with Crippen molar-refractivity contribution in [2.75, 3.05) is 6.61 Å². The summed E-state index contributed by atoms with van der Waals surface area (Å²) in [6, 6.07) is 10.3. The zero-order valence-corrected chi connectivity index (χ0v) is 16.6. The molecule has 0 radical (unpaired) electrons. The van der Waals surface area contributed by atoms with Gasteiger partial charge in [0.15, 0.2) is 0 Å². The maximum absolute atomic E-state index is 11.8. The van der Waals surface area contributed by atoms with Crippen LogP contribution < -0.4 is 0 Å². The lowest BCUT2D eigenvalue weighted by Crippen LogP contribution is -2.15. The van der Waals surface area contributed by atoms with Crippen molar-refractivity contribution in [1.82, 2.24) is 0 Å². The molecule has 0 amide bonds. The lowest BCUT2D eigenvalue weighted by atomic mass is 9.79. The lowest BCUT2D eigenvalue weighted by Gasteiger charge is -2.25. The van der Waals surface area contributed by atoms with Gasteiger partial charge >= 0.3 is 5.97 Å². The van der Waals surface area contributed by atoms with Gasteiger partial charge in [0.1, 0.15) is 5.76 Å². The first kappa shape index (κ1) is 20.8. The molecule has 1 aromatic carbocycles. The van der Waals surface area contributed by atoms with E-state index in [0.29, 0.717) is 25.2 Å². The minimum absolute atomic E-state index is 0.159. The molecule has 2 rings (SSSR count). The number of allylic oxidation sites excluding steroid dienone is 7. The number of benzene rings is 1. The summed E-state index contributed by atoms with van der Waals surface area (Å²) in [4.78, 5) is 11.8. The predicted molar refractivity (Wildman–Crippen MR) is 111 cm³/mol. The Morgan fingerprint density at radius 2 is 1.96 bits per heavy atom. The van der Waals surface area contributed by atoms with Gasteiger partial charge in [-0.2, -0.15) is 0 Å². The number of aliphatic hydroxyl groups excluding tert-OH is 1. The van der Waals surface area contributed by atoms with E-state index < -0.39 is 0 Å². The first-order valence-electron chi connectivity index (χ1n) is 9.69. The number of carbonyl (C=O) groups excluding carboxylic acids is 1. The van der Waals surface area contributed by atoms with E-state index >= 15 is 0 Å². The Labute approximate surface area is 162 Å². The maximum Gasteiger partial charge on any atom is 0.306 e. The summed E-state index contributed by atoms with van der Waals surface area (Å²) in [6.45, 7) is 6.42. The molecule has 0 bridgehead atoms. The van der Waals surface area contributed by atoms with Gasteiger partial charge in [-0.1, -0.05) is 68.0 Å². The molecular formula is C24H30O3. The summed E-state index contributed by atoms with van der Waals surface area (Å²) >= 11 is 0. The molecule has 3 nitrogen and oxygen atoms in total. The van der Waals surface area contributed by atoms with Crippen LogP contribution in [0.15, 0.2) is 72.0 Å². The molecule has 1 aromatic rings. The highest BCUT2D eigenvalue weighted by molar-refractivity contribution is 5.79. The standard InChI is InChI=1S/C24H30O3/c1-4-10-22(25)13-9-16-24(3)18-20(19-11-7-6-8-12-19)17-21(24)14-15-23(26)27-5-2/h6-13,17-18,25H,4-5,14-16H2,1-3H3/b13-9-,22-10+. The van der Waals surface area contributed by atoms with Gasteiger partial charge in [-0.3, -0.25) is 4.79 Å². The van der Waals surface area contributed by atoms with Gasteiger partial charge in [-0.05, 0) is 49.5 Å². The van der Waals surface area contributed by atoms with Crippen molar-refractivity contribution in [3.05, 3.63) is 77.6 Å². The second-order valence-electron chi connectivity index (χ2n) is 7.00. The summed E-state index contributed by atoms with van der Waals surface area (Å²) in [5.74, 6) is 0.136. The van der Waals surface area contributed by atoms with Crippen molar-refractivity contribution >= 4 is 11.5 Å². The second-order valence-corrected chi connectivity index (χ2v) is 7.00. The number of ether oxygens (including phenoxy) is 1. The first-order chi connectivity index (χ1) is 13.0. The lowest BCUT2D eigenvalue weighted by molar-refractivity contribution is -0.143. The number of aliphatic hydroxyl groups is 1. The monoisotopic (exact) mass is 366 g/mol. The van der Waals surface area contributed by atoms with E-state index in [1.54, 1.807) is 12.2 Å². The molecule has 0 heterocycles. The molecule has 0 aliphatic heterocycles. The third-order valence-electron chi connectivity index (χ3n) is 4.79. The highest BCUT2D eigenvalue weighted by Gasteiger charge is 2.31. The third kappa shape index (κ3) is 5.99. The third-order valence-corrected chi connectivity index (χ3v) is 4.79. The van der Waals surface area contributed by atoms with Gasteiger partial charge in [-0.15, -0.1) is 0 Å². The van der Waals surface area contributed by atoms with Crippen LogP contribution >= 0.6 is 0 Å². The number of esters is 1. The minimum Gasteiger partial charge on any atom is -0.508 e. The molecule has 144 valence electrons. The van der Waals surface area contributed by atoms with Crippen molar-refractivity contribution in [1.29, 1.82) is 0 Å². The predicted octanol–water partition coefficient (Wildman–Crippen LogP) is 6.16. The van der Waals surface area contributed by atoms with Crippen molar-refractivity contribution in [3.8, 4) is 0 Å². The van der Waals surface area contributed by atoms with Crippen molar-refractivity contribution in [2.24, 2.45) is 5.41 Å². The van der Waals surface area contributed by atoms with E-state index in [9.17, 15) is 9.90 Å². The molecule has 0 saturated heterocycles. The number of hydrogen-bond donors (Lipinski definition) is 1. The molecule has 0 aromatic heterocycles. The number of rotatable bonds is 9. The largest absolute Gasteiger partial charge is 0.508 e. The van der Waals surface area contributed by atoms with Crippen LogP contribution in [0, 0.1) is 5.41 Å². The summed E-state index contributed by atoms with van der Waals surface area (Å²) in [6.07, 6.45) is 12.6. The molecule has 1 atom stereocenters. The van der Waals surface area contributed by atoms with Crippen LogP contribution in [0.5, 0.6) is 0 Å². The Balaban J connectivity index is 2.21. The molecule has 0 saturated carbocycles. The quantitative estimate of drug-likeness (QED) is 0.323. The van der Waals surface area contributed by atoms with Crippen LogP contribution in [0.4, 0.5) is 0 Å². The average Bonchev–Trinajstić information content (AvgIpc) is 2.98. The normalized spacial score (nSPS) is 19.9. The van der Waals surface area contributed by atoms with Gasteiger partial charge < -0.3 is 9.84 Å². The van der Waals surface area contributed by atoms with Crippen molar-refractivity contribution in [3.63, 3.8) is 0 Å². The fourth-order valence-electron chi connectivity index (χ4n) is 3.35. The first-order valence-corrected chi connectivity index (χ1v) is 9.69. The second kappa shape index (κ2) is 9.96. The molecule has 1 unspecified atom stereocenters. The molecule has 1 aliphatic rings. The van der Waals surface area contributed by atoms with Gasteiger partial charge in [0, 0.05) is 11.8 Å². The SMILES string of the molecule is CC/C=C(O)\C=C/CC1(C)C=C(c2ccccc2)C=C1CCC(=O)OCC. The van der Waals surface area contributed by atoms with E-state index in [-0.39, 0.29) is 11.4 Å². The molecule has 0 spiro atoms. The fourth-order valence-corrected chi connectivity index (χ4v) is 3.35. The number of carbonyl (C=O) groups is 1. The van der Waals surface area contributed by atoms with Gasteiger partial charge in [0.2, 0.25) is 0 Å². The average molecular weight is 367 g/mol. The summed E-state index contributed by atoms with van der Waals surface area (Å²) < 4.78 is 5.08. The van der Waals surface area contributed by atoms with Crippen LogP contribution in [0.1, 0.15) is 52.0 Å². The molecular weight excluding hydrogens is 336 g/mol. The zero-order valence-electron chi connectivity index (χ0n) is 16.6. The Hall–Kier alpha value is -2.55. The minimum atomic E-state index is -0.180. The van der Waals surface area contributed by atoms with Gasteiger partial charge in [0.25, 0.3) is 0 Å². The van der Waals surface area contributed by atoms with Gasteiger partial charge in [0.05, 0.1) is 6.61 Å². The Bertz CT molecular complexity index is 753. The van der Waals surface area contributed by atoms with E-state index in [0.717, 1.165) is 12.8 Å². The highest BCUT2D eigenvalue weighted by atomic mass is 16.5. The zero-order chi connectivity index (χ0) is 19.7. The van der Waals surface area contributed by atoms with Crippen LogP contribution in [0.3, 0.4) is 0 Å². The van der Waals surface area contributed by atoms with Crippen molar-refractivity contribution in [2.45, 2.75) is 46.5 Å². The van der Waals surface area contributed by atoms with Crippen LogP contribution in [0.25, 0.3) is 5.57 Å². The molecule has 0 fully saturated rings. The molecule has 1 aliphatic carbocycles. The Morgan fingerprint density at radius 3 is 2.63 bits per heavy atom. The van der Waals surface area contributed by atoms with E-state index in [1.165, 1.54) is 16.7 Å². The fraction of sp³-hybridized carbons (Fsp3) is 0.375. The summed E-state index contributed by atoms with van der Waals surface area (Å²) in [5.41, 5.74) is 3.39. The highest BCUT2D eigenvalue weighted by Crippen LogP contribution is 2.45. The van der Waals surface area contributed by atoms with E-state index in [4.69, 9.17) is 4.74 Å². The topological polar surface area (TPSA) is 46.5 Å². The van der Waals surface area contributed by atoms with Crippen LogP contribution in [-0.4, -0.2) is 17.7 Å². The Kier molecular flexibility index (Phi) is 7.66. The Morgan fingerprint density at radius 1 is 1.22 bits per heavy atom. The van der Waals surface area contributed by atoms with Crippen molar-refractivity contribution < 1.29 is 14.6 Å². The van der Waals surface area contributed by atoms with E-state index in [2.05, 4.69) is 31.2 Å². The van der Waals surface area contributed by atoms with Crippen LogP contribution in [-0.2, 0) is 9.53 Å². The molecule has 27 heavy (non-hydrogen) atoms. The van der Waals surface area contributed by atoms with E-state index in [1.807, 2.05) is 38.1 Å². The molecule has 1 N–H and O–H groups in total. The number of hydrogen-bond acceptors (Lipinski definition) is 3. The summed E-state index contributed by atoms with van der Waals surface area (Å²) in [5, 5.41) is 9.82. The maximum atomic E-state index is 11.8. The van der Waals surface area contributed by atoms with Gasteiger partial charge in [-0.25, -0.2) is 0 Å².